The Balaban J connectivity index is 2.59. The largest absolute Gasteiger partial charge is 0.494 e. The van der Waals surface area contributed by atoms with Gasteiger partial charge < -0.3 is 9.84 Å². The average molecular weight is 231 g/mol. The van der Waals surface area contributed by atoms with Crippen molar-refractivity contribution < 1.29 is 14.6 Å². The molecule has 1 heterocycles. The molecule has 0 radical (unpaired) electrons. The third-order valence-electron chi connectivity index (χ3n) is 2.51. The highest BCUT2D eigenvalue weighted by atomic mass is 16.5. The van der Waals surface area contributed by atoms with E-state index < -0.39 is 5.97 Å². The van der Waals surface area contributed by atoms with Crippen molar-refractivity contribution in [3.63, 3.8) is 0 Å². The molecule has 2 rings (SSSR count). The number of rotatable bonds is 3. The van der Waals surface area contributed by atoms with Gasteiger partial charge in [0.15, 0.2) is 0 Å². The predicted molar refractivity (Wildman–Crippen MR) is 64.4 cm³/mol. The lowest BCUT2D eigenvalue weighted by Gasteiger charge is -2.07. The Hall–Kier alpha value is -2.10. The van der Waals surface area contributed by atoms with Crippen LogP contribution in [0.5, 0.6) is 5.75 Å². The van der Waals surface area contributed by atoms with Crippen molar-refractivity contribution in [2.75, 3.05) is 7.11 Å². The number of nitrogens with zero attached hydrogens (tertiary/aromatic N) is 1. The highest BCUT2D eigenvalue weighted by Gasteiger charge is 2.07. The minimum absolute atomic E-state index is 0.0764. The summed E-state index contributed by atoms with van der Waals surface area (Å²) in [5.41, 5.74) is 2.33. The fourth-order valence-electron chi connectivity index (χ4n) is 1.80. The van der Waals surface area contributed by atoms with Crippen molar-refractivity contribution in [2.24, 2.45) is 0 Å². The van der Waals surface area contributed by atoms with Gasteiger partial charge in [-0.2, -0.15) is 0 Å². The fourth-order valence-corrected chi connectivity index (χ4v) is 1.80. The van der Waals surface area contributed by atoms with Crippen LogP contribution in [0.15, 0.2) is 24.3 Å². The summed E-state index contributed by atoms with van der Waals surface area (Å²) in [4.78, 5) is 15.0. The predicted octanol–water partition coefficient (Wildman–Crippen LogP) is 2.18. The molecule has 0 fully saturated rings. The van der Waals surface area contributed by atoms with Gasteiger partial charge in [-0.15, -0.1) is 0 Å². The van der Waals surface area contributed by atoms with E-state index in [1.54, 1.807) is 13.2 Å². The van der Waals surface area contributed by atoms with Crippen LogP contribution in [0.25, 0.3) is 10.9 Å². The lowest BCUT2D eigenvalue weighted by atomic mass is 10.1. The zero-order chi connectivity index (χ0) is 12.4. The molecule has 0 bridgehead atoms. The van der Waals surface area contributed by atoms with E-state index in [-0.39, 0.29) is 6.42 Å². The van der Waals surface area contributed by atoms with Crippen molar-refractivity contribution in [3.8, 4) is 5.75 Å². The number of hydrogen-bond acceptors (Lipinski definition) is 3. The third kappa shape index (κ3) is 2.36. The number of aromatic nitrogens is 1. The van der Waals surface area contributed by atoms with Gasteiger partial charge in [-0.25, -0.2) is 4.98 Å². The van der Waals surface area contributed by atoms with E-state index in [1.165, 1.54) is 0 Å². The molecule has 0 aliphatic carbocycles. The number of aryl methyl sites for hydroxylation is 1. The van der Waals surface area contributed by atoms with Crippen LogP contribution in [0, 0.1) is 6.92 Å². The van der Waals surface area contributed by atoms with E-state index in [4.69, 9.17) is 9.84 Å². The minimum Gasteiger partial charge on any atom is -0.494 e. The van der Waals surface area contributed by atoms with Gasteiger partial charge in [0.1, 0.15) is 11.3 Å². The quantitative estimate of drug-likeness (QED) is 0.879. The van der Waals surface area contributed by atoms with Crippen LogP contribution in [-0.4, -0.2) is 23.2 Å². The van der Waals surface area contributed by atoms with Crippen molar-refractivity contribution in [3.05, 3.63) is 35.5 Å². The number of carboxylic acid groups (broad SMARTS) is 1. The van der Waals surface area contributed by atoms with Gasteiger partial charge in [0.05, 0.1) is 19.2 Å². The van der Waals surface area contributed by atoms with Crippen LogP contribution in [0.1, 0.15) is 11.3 Å². The SMILES string of the molecule is COc1cc(C)cc2ccc(CC(=O)O)nc12. The van der Waals surface area contributed by atoms with E-state index in [9.17, 15) is 4.79 Å². The summed E-state index contributed by atoms with van der Waals surface area (Å²) in [5.74, 6) is -0.213. The van der Waals surface area contributed by atoms with E-state index in [1.807, 2.05) is 25.1 Å². The van der Waals surface area contributed by atoms with Gasteiger partial charge in [0, 0.05) is 5.39 Å². The number of carbonyl (C=O) groups is 1. The molecule has 4 heteroatoms. The molecule has 0 saturated carbocycles. The van der Waals surface area contributed by atoms with Crippen molar-refractivity contribution in [2.45, 2.75) is 13.3 Å². The summed E-state index contributed by atoms with van der Waals surface area (Å²) in [6.45, 7) is 1.98. The Kier molecular flexibility index (Phi) is 2.95. The summed E-state index contributed by atoms with van der Waals surface area (Å²) < 4.78 is 5.26. The van der Waals surface area contributed by atoms with E-state index in [2.05, 4.69) is 4.98 Å². The summed E-state index contributed by atoms with van der Waals surface area (Å²) in [6.07, 6.45) is -0.0764. The summed E-state index contributed by atoms with van der Waals surface area (Å²) in [7, 11) is 1.58. The van der Waals surface area contributed by atoms with Crippen LogP contribution < -0.4 is 4.74 Å². The first-order valence-corrected chi connectivity index (χ1v) is 5.26. The number of aliphatic carboxylic acids is 1. The summed E-state index contributed by atoms with van der Waals surface area (Å²) in [5, 5.41) is 9.69. The average Bonchev–Trinajstić information content (AvgIpc) is 2.27. The maximum absolute atomic E-state index is 10.6. The van der Waals surface area contributed by atoms with Crippen LogP contribution >= 0.6 is 0 Å². The molecule has 4 nitrogen and oxygen atoms in total. The zero-order valence-corrected chi connectivity index (χ0v) is 9.73. The maximum Gasteiger partial charge on any atom is 0.309 e. The molecule has 1 aromatic heterocycles. The highest BCUT2D eigenvalue weighted by molar-refractivity contribution is 5.86. The molecule has 2 aromatic rings. The van der Waals surface area contributed by atoms with Crippen LogP contribution in [-0.2, 0) is 11.2 Å². The van der Waals surface area contributed by atoms with Gasteiger partial charge in [0.25, 0.3) is 0 Å². The first-order valence-electron chi connectivity index (χ1n) is 5.26. The number of hydrogen-bond donors (Lipinski definition) is 1. The van der Waals surface area contributed by atoms with Gasteiger partial charge in [-0.1, -0.05) is 6.07 Å². The number of pyridine rings is 1. The number of carboxylic acids is 1. The molecular formula is C13H13NO3. The lowest BCUT2D eigenvalue weighted by Crippen LogP contribution is -2.02. The topological polar surface area (TPSA) is 59.4 Å². The highest BCUT2D eigenvalue weighted by Crippen LogP contribution is 2.25. The van der Waals surface area contributed by atoms with E-state index in [0.717, 1.165) is 10.9 Å². The molecule has 1 aromatic carbocycles. The Labute approximate surface area is 98.9 Å². The molecule has 17 heavy (non-hydrogen) atoms. The van der Waals surface area contributed by atoms with Crippen LogP contribution in [0.4, 0.5) is 0 Å². The Morgan fingerprint density at radius 2 is 2.18 bits per heavy atom. The zero-order valence-electron chi connectivity index (χ0n) is 9.73. The number of ether oxygens (including phenoxy) is 1. The number of methoxy groups -OCH3 is 1. The van der Waals surface area contributed by atoms with Crippen LogP contribution in [0.3, 0.4) is 0 Å². The van der Waals surface area contributed by atoms with Gasteiger partial charge in [-0.3, -0.25) is 4.79 Å². The van der Waals surface area contributed by atoms with Crippen molar-refractivity contribution in [1.29, 1.82) is 0 Å². The van der Waals surface area contributed by atoms with Crippen molar-refractivity contribution >= 4 is 16.9 Å². The summed E-state index contributed by atoms with van der Waals surface area (Å²) >= 11 is 0. The lowest BCUT2D eigenvalue weighted by molar-refractivity contribution is -0.136. The first-order chi connectivity index (χ1) is 8.10. The maximum atomic E-state index is 10.6. The number of fused-ring (bicyclic) bond motifs is 1. The molecule has 0 amide bonds. The molecule has 1 N–H and O–H groups in total. The molecule has 0 spiro atoms. The standard InChI is InChI=1S/C13H13NO3/c1-8-5-9-3-4-10(7-12(15)16)14-13(9)11(6-8)17-2/h3-6H,7H2,1-2H3,(H,15,16). The van der Waals surface area contributed by atoms with E-state index in [0.29, 0.717) is 17.0 Å². The monoisotopic (exact) mass is 231 g/mol. The van der Waals surface area contributed by atoms with Gasteiger partial charge in [-0.05, 0) is 30.7 Å². The van der Waals surface area contributed by atoms with Gasteiger partial charge in [0.2, 0.25) is 0 Å². The van der Waals surface area contributed by atoms with Gasteiger partial charge >= 0.3 is 5.97 Å². The second-order valence-corrected chi connectivity index (χ2v) is 3.91. The normalized spacial score (nSPS) is 10.5. The molecule has 0 saturated heterocycles. The Morgan fingerprint density at radius 1 is 1.41 bits per heavy atom. The molecular weight excluding hydrogens is 218 g/mol. The van der Waals surface area contributed by atoms with E-state index >= 15 is 0 Å². The molecule has 0 aliphatic rings. The first kappa shape index (κ1) is 11.4. The third-order valence-corrected chi connectivity index (χ3v) is 2.51. The van der Waals surface area contributed by atoms with Crippen molar-refractivity contribution in [1.82, 2.24) is 4.98 Å². The number of benzene rings is 1. The molecule has 0 unspecified atom stereocenters. The molecule has 0 aliphatic heterocycles. The fraction of sp³-hybridized carbons (Fsp3) is 0.231. The minimum atomic E-state index is -0.886. The second kappa shape index (κ2) is 4.41. The Morgan fingerprint density at radius 3 is 2.82 bits per heavy atom. The van der Waals surface area contributed by atoms with Crippen LogP contribution in [0.2, 0.25) is 0 Å². The molecule has 0 atom stereocenters. The Bertz CT molecular complexity index is 578. The second-order valence-electron chi connectivity index (χ2n) is 3.91. The summed E-state index contributed by atoms with van der Waals surface area (Å²) in [6, 6.07) is 7.49. The smallest absolute Gasteiger partial charge is 0.309 e. The molecule has 88 valence electrons.